The Hall–Kier alpha value is -2.57. The van der Waals surface area contributed by atoms with Crippen molar-refractivity contribution in [2.75, 3.05) is 25.1 Å². The second kappa shape index (κ2) is 7.76. The molecule has 6 heteroatoms. The molecule has 26 heavy (non-hydrogen) atoms. The first-order chi connectivity index (χ1) is 12.8. The van der Waals surface area contributed by atoms with E-state index in [1.165, 1.54) is 0 Å². The maximum Gasteiger partial charge on any atom is 0.163 e. The fourth-order valence-corrected chi connectivity index (χ4v) is 3.01. The van der Waals surface area contributed by atoms with Gasteiger partial charge in [-0.05, 0) is 37.6 Å². The minimum atomic E-state index is 0.121. The third-order valence-electron chi connectivity index (χ3n) is 4.38. The molecule has 1 aliphatic heterocycles. The molecule has 0 amide bonds. The molecule has 0 bridgehead atoms. The number of hydrogen-bond acceptors (Lipinski definition) is 6. The highest BCUT2D eigenvalue weighted by Crippen LogP contribution is 2.25. The summed E-state index contributed by atoms with van der Waals surface area (Å²) in [6.45, 7) is 4.18. The summed E-state index contributed by atoms with van der Waals surface area (Å²) in [5.41, 5.74) is 1.80. The van der Waals surface area contributed by atoms with Crippen LogP contribution in [0.3, 0.4) is 0 Å². The van der Waals surface area contributed by atoms with Gasteiger partial charge in [-0.25, -0.2) is 9.97 Å². The van der Waals surface area contributed by atoms with Crippen molar-refractivity contribution in [2.24, 2.45) is 0 Å². The van der Waals surface area contributed by atoms with Crippen molar-refractivity contribution in [1.29, 1.82) is 0 Å². The third-order valence-corrected chi connectivity index (χ3v) is 4.38. The Morgan fingerprint density at radius 1 is 1.23 bits per heavy atom. The number of para-hydroxylation sites is 1. The molecule has 0 saturated carbocycles. The third kappa shape index (κ3) is 3.81. The zero-order valence-corrected chi connectivity index (χ0v) is 14.8. The van der Waals surface area contributed by atoms with Gasteiger partial charge in [-0.15, -0.1) is 0 Å². The number of fused-ring (bicyclic) bond motifs is 1. The zero-order valence-electron chi connectivity index (χ0n) is 14.8. The highest BCUT2D eigenvalue weighted by atomic mass is 16.5. The summed E-state index contributed by atoms with van der Waals surface area (Å²) in [5.74, 6) is 1.48. The molecular weight excluding hydrogens is 328 g/mol. The molecule has 2 aromatic heterocycles. The van der Waals surface area contributed by atoms with Gasteiger partial charge in [-0.3, -0.25) is 4.98 Å². The quantitative estimate of drug-likeness (QED) is 0.736. The molecule has 2 atom stereocenters. The second-order valence-electron chi connectivity index (χ2n) is 6.52. The minimum Gasteiger partial charge on any atom is -0.379 e. The van der Waals surface area contributed by atoms with Crippen LogP contribution in [0.1, 0.15) is 13.3 Å². The number of ether oxygens (including phenoxy) is 2. The molecule has 3 aromatic rings. The molecule has 1 saturated heterocycles. The minimum absolute atomic E-state index is 0.121. The van der Waals surface area contributed by atoms with Crippen molar-refractivity contribution < 1.29 is 9.47 Å². The Labute approximate surface area is 152 Å². The molecule has 1 N–H and O–H groups in total. The standard InChI is InChI=1S/C20H22N4O2/c1-14(12-26-16-8-10-25-13-16)22-20-17-6-2-3-7-18(17)23-19(24-20)15-5-4-9-21-11-15/h2-7,9,11,14,16H,8,10,12-13H2,1H3,(H,22,23,24). The Bertz CT molecular complexity index is 866. The highest BCUT2D eigenvalue weighted by Gasteiger charge is 2.18. The predicted molar refractivity (Wildman–Crippen MR) is 101 cm³/mol. The first kappa shape index (κ1) is 16.9. The molecule has 1 fully saturated rings. The average molecular weight is 350 g/mol. The van der Waals surface area contributed by atoms with E-state index in [1.54, 1.807) is 12.4 Å². The first-order valence-corrected chi connectivity index (χ1v) is 8.92. The van der Waals surface area contributed by atoms with E-state index in [1.807, 2.05) is 36.4 Å². The number of benzene rings is 1. The smallest absolute Gasteiger partial charge is 0.163 e. The summed E-state index contributed by atoms with van der Waals surface area (Å²) in [6, 6.07) is 12.0. The summed E-state index contributed by atoms with van der Waals surface area (Å²) in [4.78, 5) is 13.6. The Morgan fingerprint density at radius 3 is 2.96 bits per heavy atom. The van der Waals surface area contributed by atoms with E-state index in [2.05, 4.69) is 22.2 Å². The molecule has 6 nitrogen and oxygen atoms in total. The lowest BCUT2D eigenvalue weighted by Gasteiger charge is -2.19. The second-order valence-corrected chi connectivity index (χ2v) is 6.52. The maximum absolute atomic E-state index is 5.92. The number of rotatable bonds is 6. The van der Waals surface area contributed by atoms with Gasteiger partial charge in [0.05, 0.1) is 24.8 Å². The summed E-state index contributed by atoms with van der Waals surface area (Å²) in [5, 5.41) is 4.48. The molecule has 0 radical (unpaired) electrons. The van der Waals surface area contributed by atoms with E-state index in [9.17, 15) is 0 Å². The van der Waals surface area contributed by atoms with Crippen molar-refractivity contribution in [3.8, 4) is 11.4 Å². The number of anilines is 1. The van der Waals surface area contributed by atoms with E-state index >= 15 is 0 Å². The normalized spacial score (nSPS) is 18.1. The van der Waals surface area contributed by atoms with Crippen LogP contribution in [0.25, 0.3) is 22.3 Å². The van der Waals surface area contributed by atoms with E-state index in [4.69, 9.17) is 14.5 Å². The first-order valence-electron chi connectivity index (χ1n) is 8.92. The van der Waals surface area contributed by atoms with Crippen molar-refractivity contribution in [3.63, 3.8) is 0 Å². The molecule has 0 aliphatic carbocycles. The largest absolute Gasteiger partial charge is 0.379 e. The fourth-order valence-electron chi connectivity index (χ4n) is 3.01. The molecule has 0 spiro atoms. The van der Waals surface area contributed by atoms with Crippen LogP contribution in [0.2, 0.25) is 0 Å². The summed E-state index contributed by atoms with van der Waals surface area (Å²) < 4.78 is 11.3. The number of nitrogens with one attached hydrogen (secondary N) is 1. The van der Waals surface area contributed by atoms with Gasteiger partial charge >= 0.3 is 0 Å². The monoisotopic (exact) mass is 350 g/mol. The van der Waals surface area contributed by atoms with Gasteiger partial charge in [0.1, 0.15) is 5.82 Å². The van der Waals surface area contributed by atoms with Crippen LogP contribution in [0.15, 0.2) is 48.8 Å². The number of pyridine rings is 1. The van der Waals surface area contributed by atoms with Crippen LogP contribution in [0.5, 0.6) is 0 Å². The van der Waals surface area contributed by atoms with Crippen LogP contribution in [-0.4, -0.2) is 46.9 Å². The summed E-state index contributed by atoms with van der Waals surface area (Å²) in [6.07, 6.45) is 4.69. The highest BCUT2D eigenvalue weighted by molar-refractivity contribution is 5.90. The van der Waals surface area contributed by atoms with Gasteiger partial charge in [-0.1, -0.05) is 12.1 Å². The van der Waals surface area contributed by atoms with Crippen LogP contribution in [-0.2, 0) is 9.47 Å². The van der Waals surface area contributed by atoms with Gasteiger partial charge in [-0.2, -0.15) is 0 Å². The SMILES string of the molecule is CC(COC1CCOC1)Nc1nc(-c2cccnc2)nc2ccccc12. The van der Waals surface area contributed by atoms with Gasteiger partial charge < -0.3 is 14.8 Å². The number of nitrogens with zero attached hydrogens (tertiary/aromatic N) is 3. The fraction of sp³-hybridized carbons (Fsp3) is 0.350. The van der Waals surface area contributed by atoms with Gasteiger partial charge in [0.25, 0.3) is 0 Å². The molecular formula is C20H22N4O2. The van der Waals surface area contributed by atoms with Crippen LogP contribution in [0, 0.1) is 0 Å². The van der Waals surface area contributed by atoms with E-state index < -0.39 is 0 Å². The van der Waals surface area contributed by atoms with Crippen LogP contribution in [0.4, 0.5) is 5.82 Å². The lowest BCUT2D eigenvalue weighted by Crippen LogP contribution is -2.26. The number of hydrogen-bond donors (Lipinski definition) is 1. The van der Waals surface area contributed by atoms with Gasteiger partial charge in [0, 0.05) is 36.0 Å². The van der Waals surface area contributed by atoms with E-state index in [-0.39, 0.29) is 12.1 Å². The van der Waals surface area contributed by atoms with Gasteiger partial charge in [0.15, 0.2) is 5.82 Å². The van der Waals surface area contributed by atoms with Crippen molar-refractivity contribution in [3.05, 3.63) is 48.8 Å². The predicted octanol–water partition coefficient (Wildman–Crippen LogP) is 3.30. The molecule has 3 heterocycles. The molecule has 4 rings (SSSR count). The zero-order chi connectivity index (χ0) is 17.8. The Morgan fingerprint density at radius 2 is 2.15 bits per heavy atom. The summed E-state index contributed by atoms with van der Waals surface area (Å²) in [7, 11) is 0. The lowest BCUT2D eigenvalue weighted by atomic mass is 10.2. The van der Waals surface area contributed by atoms with E-state index in [0.29, 0.717) is 19.0 Å². The molecule has 1 aliphatic rings. The lowest BCUT2D eigenvalue weighted by molar-refractivity contribution is 0.0395. The summed E-state index contributed by atoms with van der Waals surface area (Å²) >= 11 is 0. The maximum atomic E-state index is 5.92. The van der Waals surface area contributed by atoms with E-state index in [0.717, 1.165) is 35.3 Å². The average Bonchev–Trinajstić information content (AvgIpc) is 3.21. The Kier molecular flexibility index (Phi) is 5.04. The van der Waals surface area contributed by atoms with Crippen molar-refractivity contribution >= 4 is 16.7 Å². The Balaban J connectivity index is 1.58. The van der Waals surface area contributed by atoms with Crippen molar-refractivity contribution in [1.82, 2.24) is 15.0 Å². The van der Waals surface area contributed by atoms with Crippen molar-refractivity contribution in [2.45, 2.75) is 25.5 Å². The number of aromatic nitrogens is 3. The molecule has 134 valence electrons. The molecule has 1 aromatic carbocycles. The van der Waals surface area contributed by atoms with Gasteiger partial charge in [0.2, 0.25) is 0 Å². The van der Waals surface area contributed by atoms with Crippen LogP contribution < -0.4 is 5.32 Å². The van der Waals surface area contributed by atoms with Crippen LogP contribution >= 0.6 is 0 Å². The molecule has 2 unspecified atom stereocenters. The topological polar surface area (TPSA) is 69.2 Å².